The summed E-state index contributed by atoms with van der Waals surface area (Å²) in [7, 11) is 0. The fourth-order valence-corrected chi connectivity index (χ4v) is 4.22. The molecule has 166 valence electrons. The number of aliphatic hydroxyl groups is 1. The van der Waals surface area contributed by atoms with Crippen LogP contribution < -0.4 is 10.6 Å². The van der Waals surface area contributed by atoms with Crippen LogP contribution in [0.5, 0.6) is 0 Å². The minimum atomic E-state index is -0.672. The number of fused-ring (bicyclic) bond motifs is 1. The van der Waals surface area contributed by atoms with E-state index in [9.17, 15) is 14.3 Å². The molecule has 2 aromatic carbocycles. The Kier molecular flexibility index (Phi) is 7.17. The first-order valence-corrected chi connectivity index (χ1v) is 11.0. The van der Waals surface area contributed by atoms with Gasteiger partial charge in [-0.1, -0.05) is 24.3 Å². The van der Waals surface area contributed by atoms with E-state index in [4.69, 9.17) is 4.74 Å². The number of carbonyl (C=O) groups is 1. The van der Waals surface area contributed by atoms with Crippen LogP contribution in [0.15, 0.2) is 42.5 Å². The van der Waals surface area contributed by atoms with Crippen molar-refractivity contribution < 1.29 is 19.0 Å². The predicted molar refractivity (Wildman–Crippen MR) is 118 cm³/mol. The highest BCUT2D eigenvalue weighted by Gasteiger charge is 2.20. The van der Waals surface area contributed by atoms with Crippen LogP contribution in [0.2, 0.25) is 0 Å². The molecule has 2 aliphatic rings. The maximum Gasteiger partial charge on any atom is 0.251 e. The van der Waals surface area contributed by atoms with Gasteiger partial charge in [-0.2, -0.15) is 0 Å². The molecule has 0 saturated carbocycles. The number of halogens is 1. The largest absolute Gasteiger partial charge is 0.390 e. The van der Waals surface area contributed by atoms with Gasteiger partial charge in [0.2, 0.25) is 0 Å². The molecule has 2 aliphatic heterocycles. The van der Waals surface area contributed by atoms with Gasteiger partial charge in [0, 0.05) is 51.0 Å². The topological polar surface area (TPSA) is 73.8 Å². The molecular weight excluding hydrogens is 397 g/mol. The normalized spacial score (nSPS) is 18.3. The third-order valence-corrected chi connectivity index (χ3v) is 5.99. The van der Waals surface area contributed by atoms with Crippen molar-refractivity contribution in [1.82, 2.24) is 10.2 Å². The lowest BCUT2D eigenvalue weighted by atomic mass is 10.00. The first-order valence-electron chi connectivity index (χ1n) is 11.0. The van der Waals surface area contributed by atoms with E-state index in [-0.39, 0.29) is 24.3 Å². The third kappa shape index (κ3) is 5.81. The number of aliphatic hydroxyl groups excluding tert-OH is 1. The summed E-state index contributed by atoms with van der Waals surface area (Å²) in [6.45, 7) is 3.65. The minimum Gasteiger partial charge on any atom is -0.390 e. The Bertz CT molecular complexity index is 901. The number of ether oxygens (including phenoxy) is 1. The number of nitrogens with one attached hydrogen (secondary N) is 2. The summed E-state index contributed by atoms with van der Waals surface area (Å²) in [6.07, 6.45) is 1.91. The molecule has 0 aromatic heterocycles. The number of β-amino-alcohol motifs (C(OH)–C–C–N with tert-alkyl or cyclic N) is 1. The number of rotatable bonds is 7. The number of anilines is 1. The van der Waals surface area contributed by atoms with E-state index in [1.165, 1.54) is 29.3 Å². The van der Waals surface area contributed by atoms with E-state index in [2.05, 4.69) is 33.7 Å². The quantitative estimate of drug-likeness (QED) is 0.633. The molecular formula is C24H30FN3O3. The average Bonchev–Trinajstić information content (AvgIpc) is 2.79. The zero-order valence-electron chi connectivity index (χ0n) is 17.6. The van der Waals surface area contributed by atoms with Crippen LogP contribution in [0.4, 0.5) is 10.1 Å². The van der Waals surface area contributed by atoms with E-state index in [1.807, 2.05) is 6.07 Å². The summed E-state index contributed by atoms with van der Waals surface area (Å²) < 4.78 is 19.5. The Morgan fingerprint density at radius 1 is 1.19 bits per heavy atom. The number of benzene rings is 2. The summed E-state index contributed by atoms with van der Waals surface area (Å²) in [4.78, 5) is 14.8. The number of carbonyl (C=O) groups excluding carboxylic acids is 1. The van der Waals surface area contributed by atoms with Crippen LogP contribution >= 0.6 is 0 Å². The van der Waals surface area contributed by atoms with Gasteiger partial charge in [0.1, 0.15) is 5.82 Å². The van der Waals surface area contributed by atoms with Gasteiger partial charge in [-0.15, -0.1) is 0 Å². The lowest BCUT2D eigenvalue weighted by Crippen LogP contribution is -2.42. The second-order valence-electron chi connectivity index (χ2n) is 8.34. The Balaban J connectivity index is 1.28. The number of nitrogens with zero attached hydrogens (tertiary/aromatic N) is 1. The summed E-state index contributed by atoms with van der Waals surface area (Å²) >= 11 is 0. The summed E-state index contributed by atoms with van der Waals surface area (Å²) in [5, 5.41) is 16.4. The molecule has 0 aliphatic carbocycles. The van der Waals surface area contributed by atoms with E-state index in [1.54, 1.807) is 0 Å². The van der Waals surface area contributed by atoms with Crippen LogP contribution in [-0.2, 0) is 17.7 Å². The maximum atomic E-state index is 14.2. The molecule has 6 nitrogen and oxygen atoms in total. The lowest BCUT2D eigenvalue weighted by molar-refractivity contribution is 0.0841. The van der Waals surface area contributed by atoms with Crippen molar-refractivity contribution >= 4 is 11.6 Å². The first kappa shape index (κ1) is 21.7. The molecule has 3 N–H and O–H groups in total. The molecule has 1 unspecified atom stereocenters. The summed E-state index contributed by atoms with van der Waals surface area (Å²) in [6, 6.07) is 12.8. The van der Waals surface area contributed by atoms with Crippen molar-refractivity contribution in [3.05, 3.63) is 65.0 Å². The molecule has 0 bridgehead atoms. The van der Waals surface area contributed by atoms with Crippen molar-refractivity contribution in [2.45, 2.75) is 38.0 Å². The summed E-state index contributed by atoms with van der Waals surface area (Å²) in [5.74, 6) is -0.702. The van der Waals surface area contributed by atoms with Gasteiger partial charge in [0.25, 0.3) is 5.91 Å². The second kappa shape index (κ2) is 10.2. The van der Waals surface area contributed by atoms with E-state index in [0.29, 0.717) is 31.0 Å². The van der Waals surface area contributed by atoms with Gasteiger partial charge in [0.15, 0.2) is 0 Å². The number of hydrogen-bond acceptors (Lipinski definition) is 5. The van der Waals surface area contributed by atoms with E-state index < -0.39 is 6.10 Å². The molecule has 1 fully saturated rings. The van der Waals surface area contributed by atoms with Crippen LogP contribution in [0.25, 0.3) is 0 Å². The highest BCUT2D eigenvalue weighted by atomic mass is 19.1. The number of hydrogen-bond donors (Lipinski definition) is 3. The first-order chi connectivity index (χ1) is 15.1. The SMILES string of the molecule is O=C(NCC(O)CN1CCc2ccccc2C1)c1ccc(F)c(NC2CCOCC2)c1. The van der Waals surface area contributed by atoms with Crippen LogP contribution in [-0.4, -0.2) is 60.9 Å². The van der Waals surface area contributed by atoms with E-state index >= 15 is 0 Å². The Morgan fingerprint density at radius 2 is 1.97 bits per heavy atom. The van der Waals surface area contributed by atoms with Crippen LogP contribution in [0.1, 0.15) is 34.3 Å². The average molecular weight is 428 g/mol. The van der Waals surface area contributed by atoms with Crippen LogP contribution in [0, 0.1) is 5.82 Å². The van der Waals surface area contributed by atoms with Crippen molar-refractivity contribution in [3.63, 3.8) is 0 Å². The molecule has 2 heterocycles. The Morgan fingerprint density at radius 3 is 2.77 bits per heavy atom. The predicted octanol–water partition coefficient (Wildman–Crippen LogP) is 2.57. The lowest BCUT2D eigenvalue weighted by Gasteiger charge is -2.30. The monoisotopic (exact) mass is 427 g/mol. The van der Waals surface area contributed by atoms with Crippen LogP contribution in [0.3, 0.4) is 0 Å². The molecule has 0 radical (unpaired) electrons. The molecule has 7 heteroatoms. The van der Waals surface area contributed by atoms with Gasteiger partial charge in [0.05, 0.1) is 11.8 Å². The molecule has 2 aromatic rings. The zero-order valence-corrected chi connectivity index (χ0v) is 17.6. The van der Waals surface area contributed by atoms with E-state index in [0.717, 1.165) is 32.4 Å². The molecule has 1 atom stereocenters. The highest BCUT2D eigenvalue weighted by Crippen LogP contribution is 2.21. The molecule has 0 spiro atoms. The van der Waals surface area contributed by atoms with Gasteiger partial charge >= 0.3 is 0 Å². The van der Waals surface area contributed by atoms with Crippen molar-refractivity contribution in [2.24, 2.45) is 0 Å². The second-order valence-corrected chi connectivity index (χ2v) is 8.34. The fraction of sp³-hybridized carbons (Fsp3) is 0.458. The van der Waals surface area contributed by atoms with Crippen molar-refractivity contribution in [2.75, 3.05) is 38.2 Å². The Hall–Kier alpha value is -2.48. The molecule has 1 amide bonds. The fourth-order valence-electron chi connectivity index (χ4n) is 4.22. The molecule has 1 saturated heterocycles. The standard InChI is InChI=1S/C24H30FN3O3/c25-22-6-5-18(13-23(22)27-20-8-11-31-12-9-20)24(30)26-14-21(29)16-28-10-7-17-3-1-2-4-19(17)15-28/h1-6,13,20-21,27,29H,7-12,14-16H2,(H,26,30). The smallest absolute Gasteiger partial charge is 0.251 e. The zero-order chi connectivity index (χ0) is 21.6. The molecule has 31 heavy (non-hydrogen) atoms. The Labute approximate surface area is 182 Å². The van der Waals surface area contributed by atoms with Crippen molar-refractivity contribution in [1.29, 1.82) is 0 Å². The van der Waals surface area contributed by atoms with Gasteiger partial charge < -0.3 is 20.5 Å². The van der Waals surface area contributed by atoms with Crippen molar-refractivity contribution in [3.8, 4) is 0 Å². The minimum absolute atomic E-state index is 0.137. The third-order valence-electron chi connectivity index (χ3n) is 5.99. The van der Waals surface area contributed by atoms with Gasteiger partial charge in [-0.3, -0.25) is 9.69 Å². The van der Waals surface area contributed by atoms with Gasteiger partial charge in [-0.05, 0) is 48.6 Å². The molecule has 4 rings (SSSR count). The number of amides is 1. The maximum absolute atomic E-state index is 14.2. The van der Waals surface area contributed by atoms with Gasteiger partial charge in [-0.25, -0.2) is 4.39 Å². The highest BCUT2D eigenvalue weighted by molar-refractivity contribution is 5.95. The summed E-state index contributed by atoms with van der Waals surface area (Å²) in [5.41, 5.74) is 3.35.